The first-order valence-electron chi connectivity index (χ1n) is 22.2. The highest BCUT2D eigenvalue weighted by molar-refractivity contribution is 5.91. The van der Waals surface area contributed by atoms with Gasteiger partial charge in [0, 0.05) is 41.9 Å². The minimum atomic E-state index is -4.26. The summed E-state index contributed by atoms with van der Waals surface area (Å²) >= 11 is 0. The van der Waals surface area contributed by atoms with Gasteiger partial charge < -0.3 is 45.0 Å². The van der Waals surface area contributed by atoms with E-state index in [-0.39, 0.29) is 50.6 Å². The molecule has 0 aliphatic rings. The second-order valence-corrected chi connectivity index (χ2v) is 15.9. The molecule has 6 aromatic carbocycles. The van der Waals surface area contributed by atoms with E-state index in [1.807, 2.05) is 0 Å². The molecule has 0 fully saturated rings. The molecular weight excluding hydrogens is 951 g/mol. The van der Waals surface area contributed by atoms with Gasteiger partial charge in [0.1, 0.15) is 36.2 Å². The molecular formula is C54H48F6N2O10. The third-order valence-electron chi connectivity index (χ3n) is 10.3. The number of nitrogens with two attached hydrogens (primary N) is 2. The number of nitrogen functional groups attached to an aromatic ring is 2. The van der Waals surface area contributed by atoms with Crippen molar-refractivity contribution in [1.29, 1.82) is 0 Å². The highest BCUT2D eigenvalue weighted by atomic mass is 19.4. The molecule has 1 atom stereocenters. The van der Waals surface area contributed by atoms with Gasteiger partial charge in [0.05, 0.1) is 18.8 Å². The fourth-order valence-corrected chi connectivity index (χ4v) is 6.72. The van der Waals surface area contributed by atoms with Gasteiger partial charge in [-0.3, -0.25) is 0 Å². The smallest absolute Gasteiger partial charge is 0.389 e. The highest BCUT2D eigenvalue weighted by Gasteiger charge is 2.27. The van der Waals surface area contributed by atoms with Gasteiger partial charge in [0.15, 0.2) is 0 Å². The van der Waals surface area contributed by atoms with E-state index in [1.54, 1.807) is 72.8 Å². The van der Waals surface area contributed by atoms with Crippen LogP contribution in [0.1, 0.15) is 70.1 Å². The van der Waals surface area contributed by atoms with Crippen LogP contribution in [-0.4, -0.2) is 48.6 Å². The number of aliphatic hydroxyl groups is 1. The lowest BCUT2D eigenvalue weighted by Crippen LogP contribution is -2.10. The molecule has 1 unspecified atom stereocenters. The van der Waals surface area contributed by atoms with Gasteiger partial charge in [-0.25, -0.2) is 14.4 Å². The highest BCUT2D eigenvalue weighted by Crippen LogP contribution is 2.32. The number of carbonyl (C=O) groups is 3. The number of rotatable bonds is 22. The van der Waals surface area contributed by atoms with Crippen molar-refractivity contribution in [2.45, 2.75) is 57.5 Å². The third kappa shape index (κ3) is 17.6. The predicted molar refractivity (Wildman–Crippen MR) is 256 cm³/mol. The Labute approximate surface area is 410 Å². The van der Waals surface area contributed by atoms with Crippen molar-refractivity contribution in [3.8, 4) is 34.1 Å². The molecule has 0 aromatic heterocycles. The molecule has 18 heteroatoms. The van der Waals surface area contributed by atoms with Crippen LogP contribution in [0.15, 0.2) is 146 Å². The number of halogens is 6. The van der Waals surface area contributed by atoms with Crippen molar-refractivity contribution in [1.82, 2.24) is 0 Å². The van der Waals surface area contributed by atoms with E-state index in [2.05, 4.69) is 0 Å². The molecule has 376 valence electrons. The number of hydrogen-bond donors (Lipinski definition) is 3. The Kier molecular flexibility index (Phi) is 18.5. The van der Waals surface area contributed by atoms with E-state index >= 15 is 0 Å². The van der Waals surface area contributed by atoms with Crippen LogP contribution < -0.4 is 30.4 Å². The summed E-state index contributed by atoms with van der Waals surface area (Å²) in [5, 5.41) is 10.6. The second kappa shape index (κ2) is 25.0. The molecule has 0 saturated heterocycles. The lowest BCUT2D eigenvalue weighted by atomic mass is 9.95. The van der Waals surface area contributed by atoms with Gasteiger partial charge in [-0.2, -0.15) is 26.3 Å². The first-order valence-corrected chi connectivity index (χ1v) is 22.2. The summed E-state index contributed by atoms with van der Waals surface area (Å²) in [6, 6.07) is 34.9. The predicted octanol–water partition coefficient (Wildman–Crippen LogP) is 11.8. The van der Waals surface area contributed by atoms with E-state index in [4.69, 9.17) is 39.9 Å². The van der Waals surface area contributed by atoms with Crippen LogP contribution in [0.4, 0.5) is 37.7 Å². The van der Waals surface area contributed by atoms with Gasteiger partial charge >= 0.3 is 30.3 Å². The zero-order valence-electron chi connectivity index (χ0n) is 38.3. The van der Waals surface area contributed by atoms with Gasteiger partial charge in [0.2, 0.25) is 6.29 Å². The maximum atomic E-state index is 12.9. The summed E-state index contributed by atoms with van der Waals surface area (Å²) < 4.78 is 107. The quantitative estimate of drug-likeness (QED) is 0.0112. The Balaban J connectivity index is 0.971. The van der Waals surface area contributed by atoms with E-state index < -0.39 is 49.4 Å². The molecule has 0 aliphatic heterocycles. The molecule has 6 rings (SSSR count). The summed E-state index contributed by atoms with van der Waals surface area (Å²) in [7, 11) is 0. The molecule has 0 heterocycles. The molecule has 0 radical (unpaired) electrons. The van der Waals surface area contributed by atoms with Crippen LogP contribution in [0.2, 0.25) is 0 Å². The Morgan fingerprint density at radius 3 is 1.40 bits per heavy atom. The van der Waals surface area contributed by atoms with Crippen LogP contribution in [0.25, 0.3) is 23.3 Å². The standard InChI is InChI=1S/C54H48F6N2O10/c55-53(56,57)27-1-29-67-43-19-9-37(10-20-43)51(65)71-45-15-3-35(4-16-45)7-25-49(63)69-33-39-31-41(61)13-23-47(39)48-24-14-42(62)32-40(48)34-70-50(64)26-8-36-5-17-46(18-6-36)72-52(66)38-11-21-44(22-12-38)68-30-2-28-54(58,59)60/h3-26,31-32,51,65H,1-2,27-30,33-34,61-62H2/b25-7+,26-8+. The minimum Gasteiger partial charge on any atom is -0.494 e. The van der Waals surface area contributed by atoms with Crippen LogP contribution in [0.5, 0.6) is 23.0 Å². The lowest BCUT2D eigenvalue weighted by molar-refractivity contribution is -0.139. The van der Waals surface area contributed by atoms with Crippen molar-refractivity contribution in [2.24, 2.45) is 0 Å². The topological polar surface area (TPSA) is 179 Å². The summed E-state index contributed by atoms with van der Waals surface area (Å²) in [6.45, 7) is -0.556. The van der Waals surface area contributed by atoms with E-state index in [9.17, 15) is 45.8 Å². The average Bonchev–Trinajstić information content (AvgIpc) is 3.35. The van der Waals surface area contributed by atoms with Crippen LogP contribution in [0, 0.1) is 0 Å². The number of ether oxygens (including phenoxy) is 6. The van der Waals surface area contributed by atoms with E-state index in [0.29, 0.717) is 67.6 Å². The van der Waals surface area contributed by atoms with Crippen LogP contribution in [-0.2, 0) is 32.3 Å². The molecule has 6 aromatic rings. The summed E-state index contributed by atoms with van der Waals surface area (Å²) in [6.07, 6.45) is -6.60. The van der Waals surface area contributed by atoms with Crippen molar-refractivity contribution < 1.29 is 74.3 Å². The minimum absolute atomic E-state index is 0.104. The van der Waals surface area contributed by atoms with Gasteiger partial charge in [-0.1, -0.05) is 36.4 Å². The third-order valence-corrected chi connectivity index (χ3v) is 10.3. The Morgan fingerprint density at radius 2 is 0.958 bits per heavy atom. The number of esters is 3. The monoisotopic (exact) mass is 998 g/mol. The lowest BCUT2D eigenvalue weighted by Gasteiger charge is -2.15. The maximum absolute atomic E-state index is 12.9. The van der Waals surface area contributed by atoms with Crippen LogP contribution >= 0.6 is 0 Å². The molecule has 72 heavy (non-hydrogen) atoms. The summed E-state index contributed by atoms with van der Waals surface area (Å²) in [4.78, 5) is 38.4. The summed E-state index contributed by atoms with van der Waals surface area (Å²) in [5.41, 5.74) is 17.3. The van der Waals surface area contributed by atoms with Crippen molar-refractivity contribution in [3.05, 3.63) is 179 Å². The number of benzene rings is 6. The normalized spacial score (nSPS) is 12.1. The zero-order valence-corrected chi connectivity index (χ0v) is 38.3. The number of carbonyl (C=O) groups excluding carboxylic acids is 3. The molecule has 0 bridgehead atoms. The SMILES string of the molecule is Nc1ccc(-c2ccc(N)cc2COC(=O)/C=C/c2ccc(OC(O)c3ccc(OCCCC(F)(F)F)cc3)cc2)c(COC(=O)/C=C/c2ccc(OC(=O)c3ccc(OCCCC(F)(F)F)cc3)cc2)c1. The fraction of sp³-hybridized carbons (Fsp3) is 0.204. The first-order chi connectivity index (χ1) is 34.4. The van der Waals surface area contributed by atoms with E-state index in [1.165, 1.54) is 85.0 Å². The molecule has 0 spiro atoms. The number of aliphatic hydroxyl groups excluding tert-OH is 1. The van der Waals surface area contributed by atoms with Crippen molar-refractivity contribution in [3.63, 3.8) is 0 Å². The maximum Gasteiger partial charge on any atom is 0.389 e. The molecule has 0 aliphatic carbocycles. The Morgan fingerprint density at radius 1 is 0.542 bits per heavy atom. The van der Waals surface area contributed by atoms with Gasteiger partial charge in [-0.15, -0.1) is 0 Å². The zero-order chi connectivity index (χ0) is 51.7. The largest absolute Gasteiger partial charge is 0.494 e. The Hall–Kier alpha value is -8.25. The van der Waals surface area contributed by atoms with Crippen LogP contribution in [0.3, 0.4) is 0 Å². The van der Waals surface area contributed by atoms with E-state index in [0.717, 1.165) is 0 Å². The number of hydrogen-bond acceptors (Lipinski definition) is 12. The molecule has 0 amide bonds. The van der Waals surface area contributed by atoms with Gasteiger partial charge in [-0.05, 0) is 155 Å². The van der Waals surface area contributed by atoms with Gasteiger partial charge in [0.25, 0.3) is 0 Å². The number of anilines is 2. The average molecular weight is 999 g/mol. The number of alkyl halides is 6. The summed E-state index contributed by atoms with van der Waals surface area (Å²) in [5.74, 6) is -0.759. The molecule has 0 saturated carbocycles. The Bertz CT molecular complexity index is 2810. The molecule has 12 nitrogen and oxygen atoms in total. The van der Waals surface area contributed by atoms with Crippen molar-refractivity contribution in [2.75, 3.05) is 24.7 Å². The first kappa shape index (κ1) is 53.1. The molecule has 5 N–H and O–H groups in total. The second-order valence-electron chi connectivity index (χ2n) is 15.9. The fourth-order valence-electron chi connectivity index (χ4n) is 6.72. The van der Waals surface area contributed by atoms with Crippen molar-refractivity contribution >= 4 is 41.4 Å².